The average molecular weight is 573 g/mol. The molecular formula is C33H36F2N4O2. The van der Waals surface area contributed by atoms with Gasteiger partial charge in [-0.15, -0.1) is 0 Å². The van der Waals surface area contributed by atoms with E-state index in [2.05, 4.69) is 10.3 Å². The molecule has 1 amide bonds. The molecule has 3 aliphatic heterocycles. The summed E-state index contributed by atoms with van der Waals surface area (Å²) in [5.74, 6) is -3.34. The van der Waals surface area contributed by atoms with E-state index >= 15 is 0 Å². The van der Waals surface area contributed by atoms with E-state index in [0.29, 0.717) is 22.3 Å². The molecule has 3 heterocycles. The van der Waals surface area contributed by atoms with Crippen molar-refractivity contribution in [1.82, 2.24) is 10.2 Å². The first-order valence-electron chi connectivity index (χ1n) is 20.0. The number of fused-ring (bicyclic) bond motifs is 1. The Balaban J connectivity index is 1.43. The lowest BCUT2D eigenvalue weighted by Gasteiger charge is -2.34. The molecule has 214 valence electrons. The minimum atomic E-state index is -3.42. The molecule has 0 radical (unpaired) electrons. The number of carbonyl (C=O) groups is 1. The maximum Gasteiger partial charge on any atom is 0.257 e. The number of amidine groups is 1. The van der Waals surface area contributed by atoms with Crippen LogP contribution in [-0.4, -0.2) is 62.8 Å². The highest BCUT2D eigenvalue weighted by molar-refractivity contribution is 6.14. The van der Waals surface area contributed by atoms with Gasteiger partial charge in [-0.2, -0.15) is 0 Å². The zero-order valence-electron chi connectivity index (χ0n) is 36.1. The smallest absolute Gasteiger partial charge is 0.257 e. The molecule has 0 atom stereocenters. The van der Waals surface area contributed by atoms with E-state index in [1.807, 2.05) is 0 Å². The molecule has 0 spiro atoms. The minimum Gasteiger partial charge on any atom is -0.381 e. The number of anilines is 1. The zero-order chi connectivity index (χ0) is 40.8. The molecule has 6 rings (SSSR count). The highest BCUT2D eigenvalue weighted by Gasteiger charge is 2.24. The lowest BCUT2D eigenvalue weighted by atomic mass is 9.89. The summed E-state index contributed by atoms with van der Waals surface area (Å²) in [6.45, 7) is -18.1. The van der Waals surface area contributed by atoms with Gasteiger partial charge in [-0.1, -0.05) is 12.1 Å². The van der Waals surface area contributed by atoms with Gasteiger partial charge in [0.15, 0.2) is 0 Å². The Bertz CT molecular complexity index is 2030. The molecule has 3 aromatic carbocycles. The molecule has 0 aliphatic carbocycles. The van der Waals surface area contributed by atoms with Crippen LogP contribution in [0.25, 0.3) is 0 Å². The maximum atomic E-state index is 14.2. The number of ether oxygens (including phenoxy) is 1. The van der Waals surface area contributed by atoms with E-state index < -0.39 is 99.6 Å². The van der Waals surface area contributed by atoms with Gasteiger partial charge in [0, 0.05) is 67.5 Å². The second-order valence-corrected chi connectivity index (χ2v) is 9.93. The molecule has 8 heteroatoms. The third kappa shape index (κ3) is 6.49. The number of likely N-dealkylation sites (N-methyl/N-ethyl adjacent to an activating group) is 1. The Kier molecular flexibility index (Phi) is 4.59. The van der Waals surface area contributed by atoms with E-state index in [1.54, 1.807) is 18.2 Å². The van der Waals surface area contributed by atoms with Crippen molar-refractivity contribution in [3.8, 4) is 0 Å². The molecule has 3 aromatic rings. The van der Waals surface area contributed by atoms with Gasteiger partial charge >= 0.3 is 0 Å². The van der Waals surface area contributed by atoms with Crippen molar-refractivity contribution in [1.29, 1.82) is 0 Å². The second-order valence-electron chi connectivity index (χ2n) is 9.93. The van der Waals surface area contributed by atoms with Crippen LogP contribution in [0.1, 0.15) is 70.2 Å². The Morgan fingerprint density at radius 1 is 1.07 bits per heavy atom. The fraction of sp³-hybridized carbons (Fsp3) is 0.394. The number of nitrogens with zero attached hydrogens (tertiary/aromatic N) is 3. The predicted octanol–water partition coefficient (Wildman–Crippen LogP) is 4.97. The van der Waals surface area contributed by atoms with Gasteiger partial charge in [0.2, 0.25) is 0 Å². The minimum absolute atomic E-state index is 0.0572. The molecular weight excluding hydrogens is 522 g/mol. The number of hydrogen-bond donors (Lipinski definition) is 1. The number of piperazine rings is 1. The summed E-state index contributed by atoms with van der Waals surface area (Å²) in [5.41, 5.74) is 0.570. The van der Waals surface area contributed by atoms with Gasteiger partial charge in [-0.3, -0.25) is 9.79 Å². The lowest BCUT2D eigenvalue weighted by Crippen LogP contribution is -2.44. The fourth-order valence-corrected chi connectivity index (χ4v) is 4.82. The van der Waals surface area contributed by atoms with E-state index in [-0.39, 0.29) is 39.7 Å². The molecule has 0 saturated carbocycles. The summed E-state index contributed by atoms with van der Waals surface area (Å²) in [6, 6.07) is 7.47. The van der Waals surface area contributed by atoms with Crippen LogP contribution in [0.4, 0.5) is 14.5 Å². The number of rotatable bonds is 6. The van der Waals surface area contributed by atoms with Crippen LogP contribution in [0.3, 0.4) is 0 Å². The van der Waals surface area contributed by atoms with E-state index in [0.717, 1.165) is 19.2 Å². The molecule has 2 saturated heterocycles. The van der Waals surface area contributed by atoms with Crippen molar-refractivity contribution in [2.24, 2.45) is 10.9 Å². The molecule has 6 nitrogen and oxygen atoms in total. The normalized spacial score (nSPS) is 30.2. The van der Waals surface area contributed by atoms with Gasteiger partial charge in [0.05, 0.1) is 20.3 Å². The van der Waals surface area contributed by atoms with Crippen LogP contribution >= 0.6 is 0 Å². The third-order valence-corrected chi connectivity index (χ3v) is 6.86. The van der Waals surface area contributed by atoms with Crippen molar-refractivity contribution in [2.45, 2.75) is 32.2 Å². The summed E-state index contributed by atoms with van der Waals surface area (Å²) in [7, 11) is 0.857. The number of nitrogens with one attached hydrogen (secondary N) is 1. The zero-order valence-corrected chi connectivity index (χ0v) is 22.1. The second kappa shape index (κ2) is 12.1. The quantitative estimate of drug-likeness (QED) is 0.454. The van der Waals surface area contributed by atoms with E-state index in [1.165, 1.54) is 12.1 Å². The van der Waals surface area contributed by atoms with Crippen LogP contribution in [0, 0.1) is 17.6 Å². The highest BCUT2D eigenvalue weighted by atomic mass is 19.1. The Hall–Kier alpha value is -3.62. The number of amides is 1. The fourth-order valence-electron chi connectivity index (χ4n) is 4.82. The average Bonchev–Trinajstić information content (AvgIpc) is 3.42. The summed E-state index contributed by atoms with van der Waals surface area (Å²) >= 11 is 0. The largest absolute Gasteiger partial charge is 0.381 e. The maximum absolute atomic E-state index is 14.2. The Morgan fingerprint density at radius 2 is 1.83 bits per heavy atom. The highest BCUT2D eigenvalue weighted by Crippen LogP contribution is 2.28. The van der Waals surface area contributed by atoms with Crippen molar-refractivity contribution < 1.29 is 37.5 Å². The van der Waals surface area contributed by atoms with Gasteiger partial charge in [-0.25, -0.2) is 8.78 Å². The molecule has 0 aromatic heterocycles. The molecule has 2 fully saturated rings. The number of benzene rings is 3. The lowest BCUT2D eigenvalue weighted by molar-refractivity contribution is 0.0664. The number of carbonyl (C=O) groups excluding carboxylic acids is 1. The molecule has 3 aliphatic rings. The standard InChI is InChI=1S/C33H36F2N4O2/c1-38-8-10-39(11-9-38)29-4-5-30(26(19-29)15-22-6-12-41-13-7-22)33(40)37-32-31-18-23(2-3-25(31)21-36-32)14-24-16-27(34)20-28(35)17-24/h2-5,16-20,22H,6-15,21H2,1H3,(H,36,37,40)/i4D,8D2,9D2,10D2,11D2,12D2,13D2,19D. The van der Waals surface area contributed by atoms with Gasteiger partial charge in [0.1, 0.15) is 17.5 Å². The number of aliphatic imine (C=N–C) groups is 1. The third-order valence-electron chi connectivity index (χ3n) is 6.86. The van der Waals surface area contributed by atoms with Gasteiger partial charge in [0.25, 0.3) is 5.91 Å². The van der Waals surface area contributed by atoms with Crippen LogP contribution in [0.2, 0.25) is 0 Å². The van der Waals surface area contributed by atoms with Crippen molar-refractivity contribution in [3.05, 3.63) is 99.6 Å². The summed E-state index contributed by atoms with van der Waals surface area (Å²) in [5, 5.41) is 2.65. The summed E-state index contributed by atoms with van der Waals surface area (Å²) in [4.78, 5) is 18.9. The van der Waals surface area contributed by atoms with Crippen LogP contribution < -0.4 is 10.2 Å². The Labute approximate surface area is 259 Å². The SMILES string of the molecule is [2H]c1cc(C(=O)NC2=NCc3ccc(Cc4cc(F)cc(F)c4)cc32)c(CC2CC([2H])([2H])OC([2H])([2H])C2)c([2H])c1N1C([2H])([2H])C([2H])([2H])N(C)C([2H])([2H])C1([2H])[2H]. The van der Waals surface area contributed by atoms with Gasteiger partial charge in [-0.05, 0) is 97.3 Å². The number of halogens is 2. The topological polar surface area (TPSA) is 57.2 Å². The first kappa shape index (κ1) is 15.6. The van der Waals surface area contributed by atoms with Crippen molar-refractivity contribution in [2.75, 3.05) is 51.1 Å². The predicted molar refractivity (Wildman–Crippen MR) is 157 cm³/mol. The summed E-state index contributed by atoms with van der Waals surface area (Å²) in [6.07, 6.45) is -1.13. The molecule has 41 heavy (non-hydrogen) atoms. The molecule has 0 unspecified atom stereocenters. The molecule has 1 N–H and O–H groups in total. The van der Waals surface area contributed by atoms with E-state index in [9.17, 15) is 14.9 Å². The van der Waals surface area contributed by atoms with Crippen LogP contribution in [0.15, 0.2) is 59.5 Å². The van der Waals surface area contributed by atoms with Crippen molar-refractivity contribution in [3.63, 3.8) is 0 Å². The monoisotopic (exact) mass is 572 g/mol. The van der Waals surface area contributed by atoms with E-state index in [4.69, 9.17) is 22.6 Å². The van der Waals surface area contributed by atoms with Crippen molar-refractivity contribution >= 4 is 17.4 Å². The Morgan fingerprint density at radius 3 is 2.59 bits per heavy atom. The van der Waals surface area contributed by atoms with Crippen LogP contribution in [-0.2, 0) is 24.1 Å². The van der Waals surface area contributed by atoms with Crippen LogP contribution in [0.5, 0.6) is 0 Å². The first-order valence-corrected chi connectivity index (χ1v) is 13.0. The molecule has 0 bridgehead atoms. The van der Waals surface area contributed by atoms with Gasteiger partial charge < -0.3 is 19.9 Å². The first-order chi connectivity index (χ1) is 25.2. The number of hydrogen-bond acceptors (Lipinski definition) is 5. The summed E-state index contributed by atoms with van der Waals surface area (Å²) < 4.78 is 152.